The first-order valence-electron chi connectivity index (χ1n) is 5.83. The van der Waals surface area contributed by atoms with Crippen molar-refractivity contribution in [2.45, 2.75) is 17.9 Å². The average Bonchev–Trinajstić information content (AvgIpc) is 2.26. The summed E-state index contributed by atoms with van der Waals surface area (Å²) < 4.78 is 39.8. The highest BCUT2D eigenvalue weighted by Crippen LogP contribution is 2.15. The van der Waals surface area contributed by atoms with E-state index >= 15 is 0 Å². The van der Waals surface area contributed by atoms with Crippen LogP contribution in [-0.2, 0) is 10.0 Å². The summed E-state index contributed by atoms with van der Waals surface area (Å²) in [5, 5.41) is 8.79. The standard InChI is InChI=1S/C12H17FN2O4S/c1-8(7-15(2)3)14-20(18,19)9-4-5-11(13)10(6-9)12(16)17/h4-6,8,14H,7H2,1-3H3,(H,16,17). The molecule has 0 bridgehead atoms. The number of rotatable bonds is 6. The summed E-state index contributed by atoms with van der Waals surface area (Å²) in [6.07, 6.45) is 0. The van der Waals surface area contributed by atoms with Crippen LogP contribution in [0.4, 0.5) is 4.39 Å². The Kier molecular flexibility index (Phi) is 5.21. The van der Waals surface area contributed by atoms with Crippen LogP contribution >= 0.6 is 0 Å². The van der Waals surface area contributed by atoms with Crippen LogP contribution < -0.4 is 4.72 Å². The Morgan fingerprint density at radius 2 is 2.05 bits per heavy atom. The second kappa shape index (κ2) is 6.29. The van der Waals surface area contributed by atoms with E-state index in [-0.39, 0.29) is 10.9 Å². The maximum atomic E-state index is 13.2. The van der Waals surface area contributed by atoms with Gasteiger partial charge >= 0.3 is 5.97 Å². The van der Waals surface area contributed by atoms with Gasteiger partial charge in [0.2, 0.25) is 10.0 Å². The van der Waals surface area contributed by atoms with Gasteiger partial charge in [0.15, 0.2) is 0 Å². The number of hydrogen-bond acceptors (Lipinski definition) is 4. The van der Waals surface area contributed by atoms with Crippen LogP contribution in [0.15, 0.2) is 23.1 Å². The van der Waals surface area contributed by atoms with Crippen molar-refractivity contribution < 1.29 is 22.7 Å². The van der Waals surface area contributed by atoms with Gasteiger partial charge in [0.05, 0.1) is 10.5 Å². The van der Waals surface area contributed by atoms with Gasteiger partial charge in [-0.2, -0.15) is 0 Å². The number of aromatic carboxylic acids is 1. The van der Waals surface area contributed by atoms with Crippen molar-refractivity contribution in [3.63, 3.8) is 0 Å². The molecule has 0 aliphatic heterocycles. The molecular weight excluding hydrogens is 287 g/mol. The van der Waals surface area contributed by atoms with Crippen LogP contribution in [0.1, 0.15) is 17.3 Å². The molecule has 1 aromatic rings. The molecule has 0 aromatic heterocycles. The predicted molar refractivity (Wildman–Crippen MR) is 71.7 cm³/mol. The molecule has 1 unspecified atom stereocenters. The lowest BCUT2D eigenvalue weighted by Gasteiger charge is -2.18. The van der Waals surface area contributed by atoms with Gasteiger partial charge in [0, 0.05) is 12.6 Å². The Bertz CT molecular complexity index is 601. The van der Waals surface area contributed by atoms with Gasteiger partial charge in [0.25, 0.3) is 0 Å². The molecule has 1 aromatic carbocycles. The van der Waals surface area contributed by atoms with E-state index in [2.05, 4.69) is 4.72 Å². The Balaban J connectivity index is 3.04. The molecular formula is C12H17FN2O4S. The first-order valence-corrected chi connectivity index (χ1v) is 7.31. The van der Waals surface area contributed by atoms with Gasteiger partial charge in [-0.05, 0) is 39.2 Å². The highest BCUT2D eigenvalue weighted by atomic mass is 32.2. The summed E-state index contributed by atoms with van der Waals surface area (Å²) in [6, 6.07) is 2.30. The molecule has 0 amide bonds. The zero-order valence-electron chi connectivity index (χ0n) is 11.4. The highest BCUT2D eigenvalue weighted by molar-refractivity contribution is 7.89. The average molecular weight is 304 g/mol. The SMILES string of the molecule is CC(CN(C)C)NS(=O)(=O)c1ccc(F)c(C(=O)O)c1. The van der Waals surface area contributed by atoms with Crippen molar-refractivity contribution in [3.8, 4) is 0 Å². The molecule has 0 saturated heterocycles. The molecule has 8 heteroatoms. The topological polar surface area (TPSA) is 86.7 Å². The number of benzene rings is 1. The van der Waals surface area contributed by atoms with E-state index in [1.165, 1.54) is 0 Å². The summed E-state index contributed by atoms with van der Waals surface area (Å²) >= 11 is 0. The van der Waals surface area contributed by atoms with E-state index in [4.69, 9.17) is 5.11 Å². The Morgan fingerprint density at radius 3 is 2.55 bits per heavy atom. The molecule has 0 radical (unpaired) electrons. The number of carboxylic acids is 1. The van der Waals surface area contributed by atoms with Crippen molar-refractivity contribution in [1.82, 2.24) is 9.62 Å². The van der Waals surface area contributed by atoms with Gasteiger partial charge in [0.1, 0.15) is 5.82 Å². The third-order valence-electron chi connectivity index (χ3n) is 2.47. The molecule has 1 atom stereocenters. The number of nitrogens with one attached hydrogen (secondary N) is 1. The van der Waals surface area contributed by atoms with E-state index in [1.54, 1.807) is 25.9 Å². The minimum absolute atomic E-state index is 0.276. The predicted octanol–water partition coefficient (Wildman–Crippen LogP) is 0.752. The van der Waals surface area contributed by atoms with Gasteiger partial charge in [-0.1, -0.05) is 0 Å². The number of nitrogens with zero attached hydrogens (tertiary/aromatic N) is 1. The van der Waals surface area contributed by atoms with Gasteiger partial charge in [-0.15, -0.1) is 0 Å². The molecule has 0 spiro atoms. The summed E-state index contributed by atoms with van der Waals surface area (Å²) in [4.78, 5) is 12.3. The fourth-order valence-corrected chi connectivity index (χ4v) is 3.01. The Morgan fingerprint density at radius 1 is 1.45 bits per heavy atom. The molecule has 0 heterocycles. The molecule has 0 saturated carbocycles. The van der Waals surface area contributed by atoms with Crippen molar-refractivity contribution in [1.29, 1.82) is 0 Å². The molecule has 0 aliphatic carbocycles. The number of carboxylic acid groups (broad SMARTS) is 1. The first kappa shape index (κ1) is 16.5. The van der Waals surface area contributed by atoms with Gasteiger partial charge in [-0.25, -0.2) is 22.3 Å². The fourth-order valence-electron chi connectivity index (χ4n) is 1.75. The van der Waals surface area contributed by atoms with Crippen LogP contribution in [0.25, 0.3) is 0 Å². The zero-order valence-corrected chi connectivity index (χ0v) is 12.2. The normalized spacial score (nSPS) is 13.4. The first-order chi connectivity index (χ1) is 9.13. The van der Waals surface area contributed by atoms with Gasteiger partial charge in [-0.3, -0.25) is 0 Å². The molecule has 112 valence electrons. The summed E-state index contributed by atoms with van der Waals surface area (Å²) in [6.45, 7) is 2.16. The zero-order chi connectivity index (χ0) is 15.5. The van der Waals surface area contributed by atoms with Crippen molar-refractivity contribution >= 4 is 16.0 Å². The fraction of sp³-hybridized carbons (Fsp3) is 0.417. The van der Waals surface area contributed by atoms with Gasteiger partial charge < -0.3 is 10.0 Å². The third-order valence-corrected chi connectivity index (χ3v) is 4.06. The number of carbonyl (C=O) groups is 1. The van der Waals surface area contributed by atoms with E-state index in [9.17, 15) is 17.6 Å². The smallest absolute Gasteiger partial charge is 0.338 e. The Labute approximate surface area is 117 Å². The number of likely N-dealkylation sites (N-methyl/N-ethyl adjacent to an activating group) is 1. The van der Waals surface area contributed by atoms with Crippen LogP contribution in [-0.4, -0.2) is 51.1 Å². The van der Waals surface area contributed by atoms with E-state index in [0.29, 0.717) is 6.54 Å². The second-order valence-electron chi connectivity index (χ2n) is 4.73. The largest absolute Gasteiger partial charge is 0.478 e. The highest BCUT2D eigenvalue weighted by Gasteiger charge is 2.21. The van der Waals surface area contributed by atoms with Crippen LogP contribution in [0.2, 0.25) is 0 Å². The lowest BCUT2D eigenvalue weighted by Crippen LogP contribution is -2.39. The molecule has 1 rings (SSSR count). The number of hydrogen-bond donors (Lipinski definition) is 2. The van der Waals surface area contributed by atoms with E-state index in [1.807, 2.05) is 0 Å². The Hall–Kier alpha value is -1.51. The molecule has 20 heavy (non-hydrogen) atoms. The van der Waals surface area contributed by atoms with Crippen molar-refractivity contribution in [3.05, 3.63) is 29.6 Å². The quantitative estimate of drug-likeness (QED) is 0.810. The molecule has 6 nitrogen and oxygen atoms in total. The molecule has 0 fully saturated rings. The third kappa shape index (κ3) is 4.26. The second-order valence-corrected chi connectivity index (χ2v) is 6.45. The minimum Gasteiger partial charge on any atom is -0.478 e. The maximum Gasteiger partial charge on any atom is 0.338 e. The van der Waals surface area contributed by atoms with E-state index < -0.39 is 27.4 Å². The monoisotopic (exact) mass is 304 g/mol. The molecule has 0 aliphatic rings. The minimum atomic E-state index is -3.88. The summed E-state index contributed by atoms with van der Waals surface area (Å²) in [5.41, 5.74) is -0.673. The van der Waals surface area contributed by atoms with Crippen LogP contribution in [0, 0.1) is 5.82 Å². The lowest BCUT2D eigenvalue weighted by atomic mass is 10.2. The van der Waals surface area contributed by atoms with Crippen LogP contribution in [0.3, 0.4) is 0 Å². The molecule has 2 N–H and O–H groups in total. The van der Waals surface area contributed by atoms with E-state index in [0.717, 1.165) is 18.2 Å². The van der Waals surface area contributed by atoms with Crippen LogP contribution in [0.5, 0.6) is 0 Å². The summed E-state index contributed by atoms with van der Waals surface area (Å²) in [5.74, 6) is -2.49. The maximum absolute atomic E-state index is 13.2. The number of sulfonamides is 1. The van der Waals surface area contributed by atoms with Crippen molar-refractivity contribution in [2.75, 3.05) is 20.6 Å². The summed E-state index contributed by atoms with van der Waals surface area (Å²) in [7, 11) is -0.291. The van der Waals surface area contributed by atoms with Crippen molar-refractivity contribution in [2.24, 2.45) is 0 Å². The lowest BCUT2D eigenvalue weighted by molar-refractivity contribution is 0.0691. The number of halogens is 1.